The fourth-order valence-corrected chi connectivity index (χ4v) is 2.59. The van der Waals surface area contributed by atoms with Gasteiger partial charge in [-0.05, 0) is 0 Å². The Balaban J connectivity index is 2.08. The van der Waals surface area contributed by atoms with Crippen molar-refractivity contribution in [3.63, 3.8) is 0 Å². The van der Waals surface area contributed by atoms with E-state index in [1.165, 1.54) is 4.31 Å². The molecular formula is C8H12N4O5S. The van der Waals surface area contributed by atoms with Gasteiger partial charge in [-0.25, -0.2) is 4.79 Å². The summed E-state index contributed by atoms with van der Waals surface area (Å²) in [7, 11) is -3.72. The fourth-order valence-electron chi connectivity index (χ4n) is 1.47. The first-order valence-electron chi connectivity index (χ1n) is 5.13. The van der Waals surface area contributed by atoms with Crippen LogP contribution in [0.25, 0.3) is 0 Å². The Morgan fingerprint density at radius 2 is 2.17 bits per heavy atom. The van der Waals surface area contributed by atoms with Crippen molar-refractivity contribution in [3.05, 3.63) is 11.8 Å². The van der Waals surface area contributed by atoms with Crippen LogP contribution in [0.15, 0.2) is 6.07 Å². The summed E-state index contributed by atoms with van der Waals surface area (Å²) < 4.78 is 32.2. The summed E-state index contributed by atoms with van der Waals surface area (Å²) in [4.78, 5) is 10.6. The molecule has 1 aliphatic rings. The minimum absolute atomic E-state index is 0.0566. The Labute approximate surface area is 103 Å². The lowest BCUT2D eigenvalue weighted by molar-refractivity contribution is 0.0690. The summed E-state index contributed by atoms with van der Waals surface area (Å²) in [6.45, 7) is 1.18. The normalized spacial score (nSPS) is 17.6. The highest BCUT2D eigenvalue weighted by molar-refractivity contribution is 7.90. The number of aromatic nitrogens is 2. The Kier molecular flexibility index (Phi) is 3.50. The van der Waals surface area contributed by atoms with Crippen molar-refractivity contribution < 1.29 is 23.1 Å². The van der Waals surface area contributed by atoms with Crippen LogP contribution in [0.2, 0.25) is 0 Å². The van der Waals surface area contributed by atoms with Gasteiger partial charge < -0.3 is 9.84 Å². The van der Waals surface area contributed by atoms with E-state index in [1.54, 1.807) is 0 Å². The molecule has 100 valence electrons. The van der Waals surface area contributed by atoms with Crippen LogP contribution in [-0.4, -0.2) is 60.3 Å². The number of hydrogen-bond donors (Lipinski definition) is 3. The second-order valence-corrected chi connectivity index (χ2v) is 5.26. The van der Waals surface area contributed by atoms with Crippen LogP contribution in [0.1, 0.15) is 10.5 Å². The number of carboxylic acids is 1. The predicted molar refractivity (Wildman–Crippen MR) is 60.5 cm³/mol. The molecule has 0 unspecified atom stereocenters. The van der Waals surface area contributed by atoms with E-state index < -0.39 is 16.2 Å². The molecule has 0 atom stereocenters. The third-order valence-electron chi connectivity index (χ3n) is 2.35. The lowest BCUT2D eigenvalue weighted by Crippen LogP contribution is -2.43. The van der Waals surface area contributed by atoms with Crippen molar-refractivity contribution in [1.82, 2.24) is 14.5 Å². The van der Waals surface area contributed by atoms with E-state index >= 15 is 0 Å². The predicted octanol–water partition coefficient (Wildman–Crippen LogP) is -0.903. The smallest absolute Gasteiger partial charge is 0.353 e. The number of carbonyl (C=O) groups is 1. The van der Waals surface area contributed by atoms with Crippen molar-refractivity contribution in [2.45, 2.75) is 0 Å². The second kappa shape index (κ2) is 4.92. The lowest BCUT2D eigenvalue weighted by Gasteiger charge is -2.25. The van der Waals surface area contributed by atoms with Crippen molar-refractivity contribution in [1.29, 1.82) is 0 Å². The number of nitrogens with one attached hydrogen (secondary N) is 2. The van der Waals surface area contributed by atoms with E-state index in [0.29, 0.717) is 13.2 Å². The quantitative estimate of drug-likeness (QED) is 0.654. The maximum absolute atomic E-state index is 11.9. The first-order valence-corrected chi connectivity index (χ1v) is 6.57. The van der Waals surface area contributed by atoms with Crippen molar-refractivity contribution in [2.24, 2.45) is 0 Å². The SMILES string of the molecule is O=C(O)c1cc(NS(=O)(=O)N2CCOCC2)n[nH]1. The minimum Gasteiger partial charge on any atom is -0.477 e. The molecule has 1 aliphatic heterocycles. The van der Waals surface area contributed by atoms with Gasteiger partial charge in [0.1, 0.15) is 5.69 Å². The molecule has 0 bridgehead atoms. The number of ether oxygens (including phenoxy) is 1. The van der Waals surface area contributed by atoms with Gasteiger partial charge >= 0.3 is 16.2 Å². The first-order chi connectivity index (χ1) is 8.49. The molecule has 0 aromatic carbocycles. The van der Waals surface area contributed by atoms with Crippen LogP contribution >= 0.6 is 0 Å². The van der Waals surface area contributed by atoms with Crippen LogP contribution in [0, 0.1) is 0 Å². The first kappa shape index (κ1) is 12.8. The number of hydrogen-bond acceptors (Lipinski definition) is 5. The van der Waals surface area contributed by atoms with Gasteiger partial charge in [-0.3, -0.25) is 9.82 Å². The monoisotopic (exact) mass is 276 g/mol. The topological polar surface area (TPSA) is 125 Å². The summed E-state index contributed by atoms with van der Waals surface area (Å²) in [6.07, 6.45) is 0. The van der Waals surface area contributed by atoms with Crippen LogP contribution in [0.3, 0.4) is 0 Å². The summed E-state index contributed by atoms with van der Waals surface area (Å²) in [5.74, 6) is -1.27. The summed E-state index contributed by atoms with van der Waals surface area (Å²) in [6, 6.07) is 1.11. The maximum Gasteiger partial charge on any atom is 0.353 e. The van der Waals surface area contributed by atoms with Gasteiger partial charge in [-0.15, -0.1) is 0 Å². The average Bonchev–Trinajstić information content (AvgIpc) is 2.78. The highest BCUT2D eigenvalue weighted by atomic mass is 32.2. The number of aromatic carboxylic acids is 1. The van der Waals surface area contributed by atoms with Crippen molar-refractivity contribution in [3.8, 4) is 0 Å². The van der Waals surface area contributed by atoms with Crippen LogP contribution < -0.4 is 4.72 Å². The maximum atomic E-state index is 11.9. The zero-order valence-electron chi connectivity index (χ0n) is 9.29. The van der Waals surface area contributed by atoms with Gasteiger partial charge in [0.15, 0.2) is 5.82 Å². The molecule has 9 nitrogen and oxygen atoms in total. The molecule has 18 heavy (non-hydrogen) atoms. The number of nitrogens with zero attached hydrogens (tertiary/aromatic N) is 2. The van der Waals surface area contributed by atoms with Crippen LogP contribution in [0.4, 0.5) is 5.82 Å². The number of aromatic amines is 1. The van der Waals surface area contributed by atoms with E-state index in [2.05, 4.69) is 14.9 Å². The van der Waals surface area contributed by atoms with E-state index in [4.69, 9.17) is 9.84 Å². The Morgan fingerprint density at radius 3 is 2.72 bits per heavy atom. The molecule has 1 saturated heterocycles. The molecule has 0 radical (unpaired) electrons. The molecule has 1 aromatic heterocycles. The summed E-state index contributed by atoms with van der Waals surface area (Å²) in [5, 5.41) is 14.4. The fraction of sp³-hybridized carbons (Fsp3) is 0.500. The molecule has 2 rings (SSSR count). The third-order valence-corrected chi connectivity index (χ3v) is 3.86. The minimum atomic E-state index is -3.72. The van der Waals surface area contributed by atoms with Gasteiger partial charge in [-0.2, -0.15) is 17.8 Å². The Morgan fingerprint density at radius 1 is 1.50 bits per heavy atom. The Bertz CT molecular complexity index is 533. The lowest BCUT2D eigenvalue weighted by atomic mass is 10.4. The summed E-state index contributed by atoms with van der Waals surface area (Å²) >= 11 is 0. The van der Waals surface area contributed by atoms with Gasteiger partial charge in [0, 0.05) is 19.2 Å². The van der Waals surface area contributed by atoms with Gasteiger partial charge in [0.05, 0.1) is 13.2 Å². The van der Waals surface area contributed by atoms with E-state index in [0.717, 1.165) is 6.07 Å². The van der Waals surface area contributed by atoms with Gasteiger partial charge in [-0.1, -0.05) is 0 Å². The van der Waals surface area contributed by atoms with E-state index in [-0.39, 0.29) is 24.6 Å². The second-order valence-electron chi connectivity index (χ2n) is 3.59. The molecule has 0 spiro atoms. The highest BCUT2D eigenvalue weighted by Crippen LogP contribution is 2.11. The number of H-pyrrole nitrogens is 1. The zero-order chi connectivity index (χ0) is 13.2. The van der Waals surface area contributed by atoms with Crippen molar-refractivity contribution >= 4 is 22.0 Å². The van der Waals surface area contributed by atoms with Crippen LogP contribution in [0.5, 0.6) is 0 Å². The number of rotatable bonds is 4. The standard InChI is InChI=1S/C8H12N4O5S/c13-8(14)6-5-7(10-9-6)11-18(15,16)12-1-3-17-4-2-12/h5H,1-4H2,(H,13,14)(H2,9,10,11). The molecule has 1 aromatic rings. The highest BCUT2D eigenvalue weighted by Gasteiger charge is 2.25. The van der Waals surface area contributed by atoms with Gasteiger partial charge in [0.2, 0.25) is 0 Å². The third kappa shape index (κ3) is 2.78. The number of morpholine rings is 1. The Hall–Kier alpha value is -1.65. The molecule has 1 fully saturated rings. The molecule has 10 heteroatoms. The number of anilines is 1. The van der Waals surface area contributed by atoms with E-state index in [1.807, 2.05) is 0 Å². The largest absolute Gasteiger partial charge is 0.477 e. The summed E-state index contributed by atoms with van der Waals surface area (Å²) in [5.41, 5.74) is -0.185. The molecular weight excluding hydrogens is 264 g/mol. The molecule has 0 amide bonds. The zero-order valence-corrected chi connectivity index (χ0v) is 10.1. The molecule has 0 saturated carbocycles. The van der Waals surface area contributed by atoms with E-state index in [9.17, 15) is 13.2 Å². The molecule has 2 heterocycles. The molecule has 0 aliphatic carbocycles. The molecule has 3 N–H and O–H groups in total. The average molecular weight is 276 g/mol. The van der Waals surface area contributed by atoms with Crippen LogP contribution in [-0.2, 0) is 14.9 Å². The van der Waals surface area contributed by atoms with Gasteiger partial charge in [0.25, 0.3) is 0 Å². The van der Waals surface area contributed by atoms with Crippen molar-refractivity contribution in [2.75, 3.05) is 31.0 Å². The number of carboxylic acid groups (broad SMARTS) is 1.